The van der Waals surface area contributed by atoms with Crippen LogP contribution in [0.15, 0.2) is 36.7 Å². The van der Waals surface area contributed by atoms with Crippen LogP contribution in [-0.2, 0) is 4.74 Å². The van der Waals surface area contributed by atoms with Gasteiger partial charge >= 0.3 is 12.6 Å². The van der Waals surface area contributed by atoms with E-state index in [1.165, 1.54) is 12.1 Å². The molecule has 0 bridgehead atoms. The Balaban J connectivity index is 1.25. The van der Waals surface area contributed by atoms with Gasteiger partial charge in [-0.2, -0.15) is 8.78 Å². The van der Waals surface area contributed by atoms with Gasteiger partial charge in [0.1, 0.15) is 12.4 Å². The molecule has 0 saturated carbocycles. The van der Waals surface area contributed by atoms with Gasteiger partial charge < -0.3 is 29.9 Å². The standard InChI is InChI=1S/C20H28F2N6O3/c21-19(22)31-17-3-1-16(2-4-17)26-7-10-28(15-26)27-8-5-24(6-9-27)20(29)25-11-12-30-18(13-23)14-25/h1-4,7,10,18-19H,5-6,8-9,11-15,23H2/t18-/m1/s1. The van der Waals surface area contributed by atoms with Crippen LogP contribution in [0.2, 0.25) is 0 Å². The van der Waals surface area contributed by atoms with Crippen LogP contribution in [0.5, 0.6) is 5.75 Å². The average Bonchev–Trinajstić information content (AvgIpc) is 3.29. The van der Waals surface area contributed by atoms with Gasteiger partial charge in [-0.15, -0.1) is 0 Å². The fourth-order valence-electron chi connectivity index (χ4n) is 3.96. The third kappa shape index (κ3) is 5.17. The average molecular weight is 438 g/mol. The van der Waals surface area contributed by atoms with E-state index in [4.69, 9.17) is 10.5 Å². The zero-order valence-electron chi connectivity index (χ0n) is 17.3. The molecule has 4 rings (SSSR count). The highest BCUT2D eigenvalue weighted by atomic mass is 19.3. The number of amides is 2. The quantitative estimate of drug-likeness (QED) is 0.739. The number of rotatable bonds is 5. The minimum atomic E-state index is -2.83. The van der Waals surface area contributed by atoms with Crippen molar-refractivity contribution in [3.63, 3.8) is 0 Å². The molecule has 3 aliphatic heterocycles. The molecule has 0 aromatic heterocycles. The molecule has 0 radical (unpaired) electrons. The Morgan fingerprint density at radius 1 is 1.10 bits per heavy atom. The predicted octanol–water partition coefficient (Wildman–Crippen LogP) is 1.15. The molecule has 2 N–H and O–H groups in total. The lowest BCUT2D eigenvalue weighted by molar-refractivity contribution is -0.0498. The Morgan fingerprint density at radius 3 is 2.52 bits per heavy atom. The third-order valence-corrected chi connectivity index (χ3v) is 5.67. The Hall–Kier alpha value is -2.63. The van der Waals surface area contributed by atoms with Crippen LogP contribution in [0, 0.1) is 0 Å². The second-order valence-electron chi connectivity index (χ2n) is 7.62. The number of hydrogen-bond acceptors (Lipinski definition) is 7. The molecule has 31 heavy (non-hydrogen) atoms. The second kappa shape index (κ2) is 9.67. The van der Waals surface area contributed by atoms with Gasteiger partial charge in [-0.25, -0.2) is 9.80 Å². The Labute approximate surface area is 180 Å². The number of benzene rings is 1. The number of hydrogen-bond donors (Lipinski definition) is 1. The summed E-state index contributed by atoms with van der Waals surface area (Å²) in [5.74, 6) is 0.137. The SMILES string of the molecule is NC[C@@H]1CN(C(=O)N2CCN(N3C=CN(c4ccc(OC(F)F)cc4)C3)CC2)CCO1. The number of carbonyl (C=O) groups is 1. The maximum absolute atomic E-state index is 12.8. The third-order valence-electron chi connectivity index (χ3n) is 5.67. The molecule has 0 unspecified atom stereocenters. The van der Waals surface area contributed by atoms with E-state index in [-0.39, 0.29) is 17.9 Å². The number of urea groups is 1. The number of carbonyl (C=O) groups excluding carboxylic acids is 1. The van der Waals surface area contributed by atoms with Crippen LogP contribution in [0.4, 0.5) is 19.3 Å². The molecule has 3 aliphatic rings. The molecule has 0 spiro atoms. The number of alkyl halides is 2. The van der Waals surface area contributed by atoms with Crippen molar-refractivity contribution < 1.29 is 23.0 Å². The first-order chi connectivity index (χ1) is 15.0. The summed E-state index contributed by atoms with van der Waals surface area (Å²) in [6.45, 7) is 2.62. The second-order valence-corrected chi connectivity index (χ2v) is 7.62. The lowest BCUT2D eigenvalue weighted by atomic mass is 10.2. The first-order valence-electron chi connectivity index (χ1n) is 10.4. The highest BCUT2D eigenvalue weighted by Crippen LogP contribution is 2.24. The normalized spacial score (nSPS) is 22.5. The number of halogens is 2. The first-order valence-corrected chi connectivity index (χ1v) is 10.4. The predicted molar refractivity (Wildman–Crippen MR) is 110 cm³/mol. The van der Waals surface area contributed by atoms with Crippen molar-refractivity contribution in [2.24, 2.45) is 5.73 Å². The Kier molecular flexibility index (Phi) is 6.73. The van der Waals surface area contributed by atoms with Crippen LogP contribution in [-0.4, -0.2) is 97.7 Å². The van der Waals surface area contributed by atoms with Crippen LogP contribution >= 0.6 is 0 Å². The minimum Gasteiger partial charge on any atom is -0.435 e. The van der Waals surface area contributed by atoms with Crippen LogP contribution < -0.4 is 15.4 Å². The lowest BCUT2D eigenvalue weighted by Gasteiger charge is -2.42. The summed E-state index contributed by atoms with van der Waals surface area (Å²) in [5.41, 5.74) is 6.56. The Bertz CT molecular complexity index is 773. The summed E-state index contributed by atoms with van der Waals surface area (Å²) in [5, 5.41) is 4.31. The number of hydrazine groups is 1. The van der Waals surface area contributed by atoms with E-state index in [2.05, 4.69) is 14.8 Å². The van der Waals surface area contributed by atoms with Crippen molar-refractivity contribution >= 4 is 11.7 Å². The number of nitrogens with zero attached hydrogens (tertiary/aromatic N) is 5. The van der Waals surface area contributed by atoms with Crippen molar-refractivity contribution in [1.82, 2.24) is 19.8 Å². The van der Waals surface area contributed by atoms with Gasteiger partial charge in [-0.05, 0) is 24.3 Å². The zero-order valence-corrected chi connectivity index (χ0v) is 17.3. The topological polar surface area (TPSA) is 77.8 Å². The maximum atomic E-state index is 12.8. The highest BCUT2D eigenvalue weighted by molar-refractivity contribution is 5.74. The van der Waals surface area contributed by atoms with E-state index in [0.29, 0.717) is 46.0 Å². The van der Waals surface area contributed by atoms with Crippen LogP contribution in [0.25, 0.3) is 0 Å². The molecule has 1 aromatic rings. The van der Waals surface area contributed by atoms with Gasteiger partial charge in [0.15, 0.2) is 0 Å². The number of anilines is 1. The molecule has 11 heteroatoms. The molecule has 1 aromatic carbocycles. The van der Waals surface area contributed by atoms with Gasteiger partial charge in [0.05, 0.1) is 12.7 Å². The van der Waals surface area contributed by atoms with Gasteiger partial charge in [0, 0.05) is 63.9 Å². The van der Waals surface area contributed by atoms with Crippen LogP contribution in [0.1, 0.15) is 0 Å². The van der Waals surface area contributed by atoms with Crippen molar-refractivity contribution in [3.05, 3.63) is 36.7 Å². The minimum absolute atomic E-state index is 0.0473. The van der Waals surface area contributed by atoms with E-state index < -0.39 is 6.61 Å². The summed E-state index contributed by atoms with van der Waals surface area (Å²) >= 11 is 0. The van der Waals surface area contributed by atoms with Crippen molar-refractivity contribution in [2.75, 3.05) is 64.0 Å². The molecular weight excluding hydrogens is 410 g/mol. The van der Waals surface area contributed by atoms with E-state index in [1.807, 2.05) is 27.1 Å². The van der Waals surface area contributed by atoms with Crippen molar-refractivity contribution in [3.8, 4) is 5.75 Å². The molecule has 1 atom stereocenters. The van der Waals surface area contributed by atoms with E-state index in [1.54, 1.807) is 12.1 Å². The van der Waals surface area contributed by atoms with Gasteiger partial charge in [-0.1, -0.05) is 0 Å². The smallest absolute Gasteiger partial charge is 0.387 e. The van der Waals surface area contributed by atoms with Crippen molar-refractivity contribution in [2.45, 2.75) is 12.7 Å². The maximum Gasteiger partial charge on any atom is 0.387 e. The summed E-state index contributed by atoms with van der Waals surface area (Å²) in [7, 11) is 0. The lowest BCUT2D eigenvalue weighted by Crippen LogP contribution is -2.58. The first kappa shape index (κ1) is 21.6. The fraction of sp³-hybridized carbons (Fsp3) is 0.550. The molecule has 3 heterocycles. The zero-order chi connectivity index (χ0) is 21.8. The number of nitrogens with two attached hydrogens (primary N) is 1. The molecule has 9 nitrogen and oxygen atoms in total. The van der Waals surface area contributed by atoms with Gasteiger partial charge in [-0.3, -0.25) is 5.01 Å². The fourth-order valence-corrected chi connectivity index (χ4v) is 3.96. The van der Waals surface area contributed by atoms with Gasteiger partial charge in [0.25, 0.3) is 0 Å². The summed E-state index contributed by atoms with van der Waals surface area (Å²) < 4.78 is 34.5. The molecule has 2 saturated heterocycles. The number of ether oxygens (including phenoxy) is 2. The van der Waals surface area contributed by atoms with Gasteiger partial charge in [0.2, 0.25) is 0 Å². The highest BCUT2D eigenvalue weighted by Gasteiger charge is 2.31. The molecule has 0 aliphatic carbocycles. The molecule has 2 fully saturated rings. The van der Waals surface area contributed by atoms with Crippen LogP contribution in [0.3, 0.4) is 0 Å². The van der Waals surface area contributed by atoms with E-state index in [9.17, 15) is 13.6 Å². The summed E-state index contributed by atoms with van der Waals surface area (Å²) in [4.78, 5) is 18.5. The largest absolute Gasteiger partial charge is 0.435 e. The van der Waals surface area contributed by atoms with E-state index >= 15 is 0 Å². The van der Waals surface area contributed by atoms with E-state index in [0.717, 1.165) is 18.8 Å². The van der Waals surface area contributed by atoms with Crippen molar-refractivity contribution in [1.29, 1.82) is 0 Å². The number of morpholine rings is 1. The molecular formula is C20H28F2N6O3. The summed E-state index contributed by atoms with van der Waals surface area (Å²) in [6, 6.07) is 6.61. The number of piperazine rings is 1. The Morgan fingerprint density at radius 2 is 1.84 bits per heavy atom. The summed E-state index contributed by atoms with van der Waals surface area (Å²) in [6.07, 6.45) is 3.84. The monoisotopic (exact) mass is 438 g/mol. The molecule has 170 valence electrons. The molecule has 2 amide bonds.